The monoisotopic (exact) mass is 743 g/mol. The van der Waals surface area contributed by atoms with Gasteiger partial charge in [0, 0.05) is 42.3 Å². The molecule has 2 aromatic heterocycles. The Hall–Kier alpha value is -5.82. The van der Waals surface area contributed by atoms with E-state index in [9.17, 15) is 37.1 Å². The van der Waals surface area contributed by atoms with Gasteiger partial charge < -0.3 is 10.2 Å². The van der Waals surface area contributed by atoms with Gasteiger partial charge in [-0.15, -0.1) is 11.3 Å². The number of nitrogens with one attached hydrogen (secondary N) is 2. The van der Waals surface area contributed by atoms with Gasteiger partial charge in [0.1, 0.15) is 16.6 Å². The highest BCUT2D eigenvalue weighted by Crippen LogP contribution is 2.38. The number of hydrogen-bond donors (Lipinski definition) is 2. The first kappa shape index (κ1) is 35.6. The molecule has 16 heteroatoms. The summed E-state index contributed by atoms with van der Waals surface area (Å²) in [6.45, 7) is 8.01. The van der Waals surface area contributed by atoms with Crippen molar-refractivity contribution in [1.29, 1.82) is 0 Å². The topological polar surface area (TPSA) is 147 Å². The number of imide groups is 2. The van der Waals surface area contributed by atoms with Crippen molar-refractivity contribution < 1.29 is 37.1 Å². The Bertz CT molecular complexity index is 2280. The predicted molar refractivity (Wildman–Crippen MR) is 188 cm³/mol. The second-order valence-corrected chi connectivity index (χ2v) is 14.5. The third kappa shape index (κ3) is 6.35. The number of carbonyl (C=O) groups is 5. The van der Waals surface area contributed by atoms with E-state index in [1.54, 1.807) is 56.0 Å². The van der Waals surface area contributed by atoms with Crippen molar-refractivity contribution in [2.75, 3.05) is 23.3 Å². The van der Waals surface area contributed by atoms with E-state index in [2.05, 4.69) is 32.6 Å². The molecule has 7 rings (SSSR count). The third-order valence-corrected chi connectivity index (χ3v) is 10.5. The van der Waals surface area contributed by atoms with Crippen LogP contribution in [0.4, 0.5) is 24.5 Å². The average molecular weight is 744 g/mol. The highest BCUT2D eigenvalue weighted by molar-refractivity contribution is 7.13. The molecular weight excluding hydrogens is 712 g/mol. The minimum absolute atomic E-state index is 0.0250. The molecule has 12 nitrogen and oxygen atoms in total. The van der Waals surface area contributed by atoms with Crippen LogP contribution in [0, 0.1) is 31.6 Å². The maximum atomic E-state index is 13.7. The summed E-state index contributed by atoms with van der Waals surface area (Å²) in [7, 11) is 0. The maximum Gasteiger partial charge on any atom is 0.416 e. The molecule has 4 aromatic rings. The normalized spacial score (nSPS) is 17.7. The summed E-state index contributed by atoms with van der Waals surface area (Å²) in [5.74, 6) is 3.73. The van der Waals surface area contributed by atoms with Crippen LogP contribution in [0.25, 0.3) is 10.6 Å². The maximum absolute atomic E-state index is 13.7. The Labute approximate surface area is 305 Å². The molecule has 2 saturated heterocycles. The number of alkyl halides is 3. The zero-order valence-electron chi connectivity index (χ0n) is 28.9. The molecule has 2 N–H and O–H groups in total. The van der Waals surface area contributed by atoms with Gasteiger partial charge in [-0.25, -0.2) is 4.98 Å². The number of anilines is 2. The SMILES string of the molecule is Cc1nn(C(C)(C)C(=O)Nc2ccc(C(F)(F)F)cc2-c2nccs2)c(C)c1C#CC1CN(c2ccc3c(c2)C(=O)N(C2CCC(=O)NC2=O)C3=O)C1. The number of fused-ring (bicyclic) bond motifs is 1. The molecule has 0 bridgehead atoms. The van der Waals surface area contributed by atoms with Crippen LogP contribution in [-0.4, -0.2) is 68.3 Å². The van der Waals surface area contributed by atoms with Crippen molar-refractivity contribution in [3.8, 4) is 22.4 Å². The zero-order chi connectivity index (χ0) is 38.0. The van der Waals surface area contributed by atoms with Crippen LogP contribution >= 0.6 is 11.3 Å². The number of halogens is 3. The molecule has 0 saturated carbocycles. The fraction of sp³-hybridized carbons (Fsp3) is 0.324. The Morgan fingerprint density at radius 3 is 2.42 bits per heavy atom. The van der Waals surface area contributed by atoms with Crippen molar-refractivity contribution in [3.63, 3.8) is 0 Å². The van der Waals surface area contributed by atoms with Gasteiger partial charge in [-0.05, 0) is 70.5 Å². The second-order valence-electron chi connectivity index (χ2n) is 13.6. The summed E-state index contributed by atoms with van der Waals surface area (Å²) in [6.07, 6.45) is -2.97. The summed E-state index contributed by atoms with van der Waals surface area (Å²) >= 11 is 1.16. The van der Waals surface area contributed by atoms with E-state index in [0.29, 0.717) is 35.0 Å². The Morgan fingerprint density at radius 1 is 1.00 bits per heavy atom. The minimum Gasteiger partial charge on any atom is -0.369 e. The number of piperidine rings is 1. The van der Waals surface area contributed by atoms with Crippen LogP contribution in [0.1, 0.15) is 69.9 Å². The van der Waals surface area contributed by atoms with E-state index < -0.39 is 52.9 Å². The fourth-order valence-corrected chi connectivity index (χ4v) is 7.38. The molecule has 5 heterocycles. The molecule has 3 aliphatic heterocycles. The molecule has 3 aliphatic rings. The van der Waals surface area contributed by atoms with E-state index in [1.807, 2.05) is 4.90 Å². The minimum atomic E-state index is -4.57. The van der Waals surface area contributed by atoms with Crippen LogP contribution in [0.15, 0.2) is 48.0 Å². The Balaban J connectivity index is 1.03. The predicted octanol–water partition coefficient (Wildman–Crippen LogP) is 4.91. The van der Waals surface area contributed by atoms with Crippen molar-refractivity contribution in [3.05, 3.63) is 81.6 Å². The Morgan fingerprint density at radius 2 is 1.74 bits per heavy atom. The highest BCUT2D eigenvalue weighted by atomic mass is 32.1. The van der Waals surface area contributed by atoms with E-state index in [0.717, 1.165) is 34.1 Å². The highest BCUT2D eigenvalue weighted by Gasteiger charge is 2.45. The molecule has 272 valence electrons. The average Bonchev–Trinajstić information content (AvgIpc) is 3.78. The molecular formula is C37H32F3N7O5S. The number of aryl methyl sites for hydroxylation is 1. The van der Waals surface area contributed by atoms with Gasteiger partial charge in [-0.3, -0.25) is 38.9 Å². The number of rotatable bonds is 6. The van der Waals surface area contributed by atoms with Crippen molar-refractivity contribution in [2.24, 2.45) is 5.92 Å². The largest absolute Gasteiger partial charge is 0.416 e. The van der Waals surface area contributed by atoms with Gasteiger partial charge in [-0.1, -0.05) is 11.8 Å². The van der Waals surface area contributed by atoms with E-state index in [-0.39, 0.29) is 41.1 Å². The lowest BCUT2D eigenvalue weighted by Crippen LogP contribution is -2.54. The summed E-state index contributed by atoms with van der Waals surface area (Å²) in [6, 6.07) is 7.04. The van der Waals surface area contributed by atoms with Gasteiger partial charge in [0.25, 0.3) is 17.7 Å². The zero-order valence-corrected chi connectivity index (χ0v) is 29.7. The first-order valence-corrected chi connectivity index (χ1v) is 17.5. The van der Waals surface area contributed by atoms with Gasteiger partial charge in [0.15, 0.2) is 0 Å². The molecule has 2 aromatic carbocycles. The van der Waals surface area contributed by atoms with Crippen LogP contribution in [-0.2, 0) is 26.1 Å². The number of nitrogens with zero attached hydrogens (tertiary/aromatic N) is 5. The van der Waals surface area contributed by atoms with Crippen LogP contribution < -0.4 is 15.5 Å². The van der Waals surface area contributed by atoms with Gasteiger partial charge in [-0.2, -0.15) is 18.3 Å². The first-order chi connectivity index (χ1) is 25.0. The Kier molecular flexibility index (Phi) is 8.72. The second kappa shape index (κ2) is 13.0. The van der Waals surface area contributed by atoms with Crippen LogP contribution in [0.2, 0.25) is 0 Å². The van der Waals surface area contributed by atoms with E-state index >= 15 is 0 Å². The lowest BCUT2D eigenvalue weighted by Gasteiger charge is -2.38. The van der Waals surface area contributed by atoms with Gasteiger partial charge in [0.2, 0.25) is 11.8 Å². The summed E-state index contributed by atoms with van der Waals surface area (Å²) in [4.78, 5) is 71.1. The summed E-state index contributed by atoms with van der Waals surface area (Å²) in [5.41, 5.74) is 1.27. The molecule has 0 spiro atoms. The molecule has 1 unspecified atom stereocenters. The van der Waals surface area contributed by atoms with Gasteiger partial charge >= 0.3 is 6.18 Å². The summed E-state index contributed by atoms with van der Waals surface area (Å²) < 4.78 is 42.1. The van der Waals surface area contributed by atoms with Crippen molar-refractivity contribution in [1.82, 2.24) is 25.0 Å². The molecule has 2 fully saturated rings. The first-order valence-electron chi connectivity index (χ1n) is 16.7. The van der Waals surface area contributed by atoms with Crippen molar-refractivity contribution >= 4 is 52.2 Å². The number of thiazole rings is 1. The third-order valence-electron chi connectivity index (χ3n) is 9.71. The van der Waals surface area contributed by atoms with Crippen molar-refractivity contribution in [2.45, 2.75) is 58.3 Å². The number of aromatic nitrogens is 3. The standard InChI is InChI=1S/C37H32F3N7O5S/c1-19-24(20(2)47(44-19)36(3,4)35(52)42-28-10-6-22(37(38,39)40)15-27(28)32-41-13-14-53-32)8-5-21-17-45(18-21)23-7-9-25-26(16-23)34(51)46(33(25)50)29-11-12-30(48)43-31(29)49/h6-7,9-10,13-16,21,29H,11-12,17-18H2,1-4H3,(H,42,52)(H,43,48,49). The summed E-state index contributed by atoms with van der Waals surface area (Å²) in [5, 5.41) is 11.6. The van der Waals surface area contributed by atoms with Crippen LogP contribution in [0.5, 0.6) is 0 Å². The number of hydrogen-bond acceptors (Lipinski definition) is 9. The van der Waals surface area contributed by atoms with Crippen LogP contribution in [0.3, 0.4) is 0 Å². The molecule has 0 radical (unpaired) electrons. The smallest absolute Gasteiger partial charge is 0.369 e. The lowest BCUT2D eigenvalue weighted by atomic mass is 9.98. The van der Waals surface area contributed by atoms with E-state index in [4.69, 9.17) is 0 Å². The lowest BCUT2D eigenvalue weighted by molar-refractivity contribution is -0.138. The van der Waals surface area contributed by atoms with E-state index in [1.165, 1.54) is 12.3 Å². The quantitative estimate of drug-likeness (QED) is 0.210. The molecule has 53 heavy (non-hydrogen) atoms. The fourth-order valence-electron chi connectivity index (χ4n) is 6.71. The molecule has 1 atom stereocenters. The number of amides is 5. The van der Waals surface area contributed by atoms with Gasteiger partial charge in [0.05, 0.1) is 45.2 Å². The molecule has 5 amide bonds. The number of benzene rings is 2. The number of carbonyl (C=O) groups excluding carboxylic acids is 5. The molecule has 0 aliphatic carbocycles.